The number of rotatable bonds is 10. The van der Waals surface area contributed by atoms with E-state index in [0.29, 0.717) is 28.3 Å². The Morgan fingerprint density at radius 3 is 1.87 bits per heavy atom. The van der Waals surface area contributed by atoms with E-state index in [-0.39, 0.29) is 16.5 Å². The molecule has 13 aromatic carbocycles. The van der Waals surface area contributed by atoms with Gasteiger partial charge in [0.2, 0.25) is 0 Å². The minimum atomic E-state index is -5.75. The van der Waals surface area contributed by atoms with Gasteiger partial charge in [0.05, 0.1) is 56.7 Å². The number of nitrogens with zero attached hydrogens (tertiary/aromatic N) is 4. The van der Waals surface area contributed by atoms with Crippen LogP contribution in [0.5, 0.6) is 11.5 Å². The maximum atomic E-state index is 10.2. The molecule has 0 atom stereocenters. The molecule has 0 spiro atoms. The van der Waals surface area contributed by atoms with Gasteiger partial charge in [-0.1, -0.05) is 266 Å². The third-order valence-electron chi connectivity index (χ3n) is 19.2. The van der Waals surface area contributed by atoms with E-state index >= 15 is 0 Å². The molecule has 5 heterocycles. The molecule has 0 unspecified atom stereocenters. The average Bonchev–Trinajstić information content (AvgIpc) is 0.993. The first kappa shape index (κ1) is 44.0. The number of para-hydroxylation sites is 3. The number of aromatic nitrogens is 4. The first-order valence-corrected chi connectivity index (χ1v) is 34.8. The van der Waals surface area contributed by atoms with E-state index in [9.17, 15) is 19.2 Å². The van der Waals surface area contributed by atoms with E-state index in [1.165, 1.54) is 6.07 Å². The fraction of sp³-hybridized carbons (Fsp3) is 0.0870. The normalized spacial score (nSPS) is 14.7. The van der Waals surface area contributed by atoms with Crippen LogP contribution >= 0.6 is 0 Å². The fourth-order valence-corrected chi connectivity index (χ4v) is 18.4. The molecule has 7 heteroatoms. The molecule has 0 saturated heterocycles. The van der Waals surface area contributed by atoms with Gasteiger partial charge in [0.1, 0.15) is 28.5 Å². The van der Waals surface area contributed by atoms with Crippen LogP contribution < -0.4 is 30.1 Å². The highest BCUT2D eigenvalue weighted by Crippen LogP contribution is 2.48. The summed E-state index contributed by atoms with van der Waals surface area (Å²) in [6.07, 6.45) is 5.82. The summed E-state index contributed by atoms with van der Waals surface area (Å²) in [4.78, 5) is 4.94. The van der Waals surface area contributed by atoms with E-state index in [0.717, 1.165) is 117 Å². The van der Waals surface area contributed by atoms with Crippen molar-refractivity contribution in [2.24, 2.45) is 0 Å². The zero-order valence-corrected chi connectivity index (χ0v) is 55.8. The Bertz CT molecular complexity index is 7030. The smallest absolute Gasteiger partial charge is 0.269 e. The van der Waals surface area contributed by atoms with Crippen molar-refractivity contribution in [1.82, 2.24) is 14.1 Å². The molecule has 1 aliphatic rings. The molecule has 6 nitrogen and oxygen atoms in total. The molecule has 0 bridgehead atoms. The Hall–Kier alpha value is -11.9. The number of imidazole rings is 1. The zero-order chi connectivity index (χ0) is 81.5. The number of hydrogen-bond donors (Lipinski definition) is 0. The highest BCUT2D eigenvalue weighted by molar-refractivity contribution is 7.20. The molecule has 0 saturated carbocycles. The molecule has 0 N–H and O–H groups in total. The van der Waals surface area contributed by atoms with Crippen LogP contribution in [0.3, 0.4) is 0 Å². The second-order valence-electron chi connectivity index (χ2n) is 27.2. The third kappa shape index (κ3) is 9.89. The number of pyridine rings is 1. The molecular weight excluding hydrogens is 1220 g/mol. The highest BCUT2D eigenvalue weighted by atomic mass is 28.3. The van der Waals surface area contributed by atoms with Gasteiger partial charge >= 0.3 is 0 Å². The topological polar surface area (TPSA) is 49.0 Å². The van der Waals surface area contributed by atoms with Gasteiger partial charge in [0, 0.05) is 33.8 Å². The number of furan rings is 1. The number of hydrogen-bond acceptors (Lipinski definition) is 3. The predicted octanol–water partition coefficient (Wildman–Crippen LogP) is 20.5. The predicted molar refractivity (Wildman–Crippen MR) is 411 cm³/mol. The van der Waals surface area contributed by atoms with Crippen molar-refractivity contribution < 1.29 is 37.0 Å². The van der Waals surface area contributed by atoms with Gasteiger partial charge in [-0.15, -0.1) is 0 Å². The molecule has 1 aliphatic heterocycles. The lowest BCUT2D eigenvalue weighted by atomic mass is 9.82. The summed E-state index contributed by atoms with van der Waals surface area (Å²) in [5, 5.41) is 1.58. The van der Waals surface area contributed by atoms with Crippen molar-refractivity contribution in [3.8, 4) is 84.3 Å². The van der Waals surface area contributed by atoms with Gasteiger partial charge in [-0.2, -0.15) is 0 Å². The van der Waals surface area contributed by atoms with Gasteiger partial charge in [-0.25, -0.2) is 4.98 Å². The molecule has 4 aromatic heterocycles. The SMILES string of the molecule is [2H]c1cc([Si](c2cc(-c3ccc4c(c3)-c3cccc(C(C)(C)C)c3-[n+]3[c-]n(-c5cccc(Oc6ccc7c8ccccc8n(-c8cc(C(C)(C)C)ccn8)c7c6)c5)c5cc(-c6ccc7oc8ccccc8c7c6)cc(c53)-c3ccccc3-4)c([2H])c([2H])c2[2H])(c2c([2H])c([2H])c([2H])c([2H])c2[2H])c2c([2H])c([2H])c([2H])c([2H])c2[2H])c([2H])c([2H])c1[2H]. The zero-order valence-electron chi connectivity index (χ0n) is 71.8. The van der Waals surface area contributed by atoms with E-state index in [1.807, 2.05) is 115 Å². The second-order valence-corrected chi connectivity index (χ2v) is 30.8. The quantitative estimate of drug-likeness (QED) is 0.0593. The maximum absolute atomic E-state index is 10.2. The fourth-order valence-electron chi connectivity index (χ4n) is 14.6. The Balaban J connectivity index is 0.901. The van der Waals surface area contributed by atoms with E-state index < -0.39 is 137 Å². The Labute approximate surface area is 601 Å². The van der Waals surface area contributed by atoms with Crippen LogP contribution in [-0.2, 0) is 10.8 Å². The molecule has 18 rings (SSSR count). The Kier molecular flexibility index (Phi) is 10.3. The number of ether oxygens (including phenoxy) is 1. The molecule has 99 heavy (non-hydrogen) atoms. The Morgan fingerprint density at radius 1 is 0.424 bits per heavy atom. The molecule has 0 radical (unpaired) electrons. The van der Waals surface area contributed by atoms with Gasteiger partial charge in [-0.05, 0) is 177 Å². The summed E-state index contributed by atoms with van der Waals surface area (Å²) >= 11 is 0. The van der Waals surface area contributed by atoms with Crippen molar-refractivity contribution in [3.05, 3.63) is 333 Å². The van der Waals surface area contributed by atoms with Crippen molar-refractivity contribution in [2.75, 3.05) is 0 Å². The summed E-state index contributed by atoms with van der Waals surface area (Å²) in [5.41, 5.74) is 14.0. The lowest BCUT2D eigenvalue weighted by Gasteiger charge is -2.34. The monoisotopic (exact) mass is 1310 g/mol. The first-order valence-electron chi connectivity index (χ1n) is 41.3. The summed E-state index contributed by atoms with van der Waals surface area (Å²) < 4.78 is 181. The molecular formula is C92H70N4O2Si. The lowest BCUT2D eigenvalue weighted by Crippen LogP contribution is -2.74. The van der Waals surface area contributed by atoms with Crippen molar-refractivity contribution >= 4 is 83.6 Å². The van der Waals surface area contributed by atoms with Gasteiger partial charge in [-0.3, -0.25) is 13.7 Å². The minimum Gasteiger partial charge on any atom is -0.458 e. The Morgan fingerprint density at radius 2 is 1.07 bits per heavy atom. The van der Waals surface area contributed by atoms with Crippen molar-refractivity contribution in [1.29, 1.82) is 0 Å². The maximum Gasteiger partial charge on any atom is 0.269 e. The van der Waals surface area contributed by atoms with Gasteiger partial charge in [0.15, 0.2) is 8.07 Å². The summed E-state index contributed by atoms with van der Waals surface area (Å²) in [5.74, 6) is 1.91. The average molecular weight is 1310 g/mol. The molecule has 0 fully saturated rings. The van der Waals surface area contributed by atoms with E-state index in [2.05, 4.69) is 140 Å². The number of fused-ring (bicyclic) bond motifs is 13. The highest BCUT2D eigenvalue weighted by Gasteiger charge is 2.42. The molecule has 474 valence electrons. The van der Waals surface area contributed by atoms with Crippen LogP contribution in [0.4, 0.5) is 0 Å². The largest absolute Gasteiger partial charge is 0.458 e. The summed E-state index contributed by atoms with van der Waals surface area (Å²) in [6.45, 7) is 13.0. The number of benzene rings is 13. The molecule has 0 amide bonds. The second kappa shape index (κ2) is 23.2. The van der Waals surface area contributed by atoms with Crippen LogP contribution in [0.1, 0.15) is 76.0 Å². The minimum absolute atomic E-state index is 0.0849. The summed E-state index contributed by atoms with van der Waals surface area (Å²) in [7, 11) is -5.75. The standard InChI is InChI=1S/C92H70N4O2Si/c1-91(2,3)64-49-50-93-88(56-64)96-83-41-20-18-37-75(83)76-47-45-67(58-84(76)96)97-66-27-23-26-65(57-66)94-59-95-89-78(39-24-40-82(89)92(4,5)6)79-52-61(60-25-22-34-71(51-60)99(68-28-10-7-11-29-68,69-30-12-8-13-31-69)70-32-14-9-15-33-70)43-46-74(79)72-35-16-17-36-73(72)81-54-63(55-85(94)90(81)95)62-44-48-87-80(53-62)77-38-19-21-42-86(77)98-87/h7-58H,1-6H3/i7D,8D,9D,10D,11D,12D,13D,14D,15D,22D,25D,28D,29D,30D,31D,32D,34D. The van der Waals surface area contributed by atoms with Crippen LogP contribution in [0, 0.1) is 6.33 Å². The van der Waals surface area contributed by atoms with Crippen LogP contribution in [0.2, 0.25) is 0 Å². The van der Waals surface area contributed by atoms with Crippen LogP contribution in [-0.4, -0.2) is 22.2 Å². The van der Waals surface area contributed by atoms with Crippen molar-refractivity contribution in [2.45, 2.75) is 52.4 Å². The lowest BCUT2D eigenvalue weighted by molar-refractivity contribution is -0.572. The molecule has 0 aliphatic carbocycles. The van der Waals surface area contributed by atoms with E-state index in [1.54, 1.807) is 6.07 Å². The van der Waals surface area contributed by atoms with Crippen molar-refractivity contribution in [3.63, 3.8) is 0 Å². The first-order chi connectivity index (χ1) is 55.4. The van der Waals surface area contributed by atoms with Gasteiger partial charge < -0.3 is 9.15 Å². The van der Waals surface area contributed by atoms with Gasteiger partial charge in [0.25, 0.3) is 6.33 Å². The van der Waals surface area contributed by atoms with E-state index in [4.69, 9.17) is 18.3 Å². The van der Waals surface area contributed by atoms with Crippen LogP contribution in [0.25, 0.3) is 128 Å². The molecule has 17 aromatic rings. The summed E-state index contributed by atoms with van der Waals surface area (Å²) in [6, 6.07) is 52.5. The third-order valence-corrected chi connectivity index (χ3v) is 23.4. The van der Waals surface area contributed by atoms with Crippen LogP contribution in [0.15, 0.2) is 320 Å².